The summed E-state index contributed by atoms with van der Waals surface area (Å²) in [6.07, 6.45) is 3.97. The van der Waals surface area contributed by atoms with Crippen molar-refractivity contribution in [2.45, 2.75) is 31.7 Å². The van der Waals surface area contributed by atoms with Crippen molar-refractivity contribution in [2.24, 2.45) is 11.0 Å². The summed E-state index contributed by atoms with van der Waals surface area (Å²) in [7, 11) is 3.33. The Balaban J connectivity index is 1.29. The zero-order valence-corrected chi connectivity index (χ0v) is 21.7. The van der Waals surface area contributed by atoms with E-state index in [1.807, 2.05) is 48.5 Å². The van der Waals surface area contributed by atoms with Crippen LogP contribution < -0.4 is 9.47 Å². The molecule has 1 saturated heterocycles. The van der Waals surface area contributed by atoms with Gasteiger partial charge in [-0.3, -0.25) is 9.69 Å². The van der Waals surface area contributed by atoms with E-state index in [1.165, 1.54) is 5.56 Å². The van der Waals surface area contributed by atoms with E-state index in [0.29, 0.717) is 18.9 Å². The molecule has 2 aliphatic rings. The molecule has 3 aromatic rings. The Morgan fingerprint density at radius 3 is 2.30 bits per heavy atom. The number of ether oxygens (including phenoxy) is 2. The minimum Gasteiger partial charge on any atom is -0.497 e. The van der Waals surface area contributed by atoms with Crippen LogP contribution in [-0.4, -0.2) is 55.4 Å². The van der Waals surface area contributed by atoms with E-state index in [4.69, 9.17) is 14.6 Å². The van der Waals surface area contributed by atoms with Crippen LogP contribution >= 0.6 is 0 Å². The summed E-state index contributed by atoms with van der Waals surface area (Å²) in [5.74, 6) is 2.27. The lowest BCUT2D eigenvalue weighted by Crippen LogP contribution is -2.42. The lowest BCUT2D eigenvalue weighted by molar-refractivity contribution is -0.134. The molecule has 1 fully saturated rings. The Labute approximate surface area is 219 Å². The van der Waals surface area contributed by atoms with Crippen molar-refractivity contribution in [3.63, 3.8) is 0 Å². The second-order valence-electron chi connectivity index (χ2n) is 9.89. The topological polar surface area (TPSA) is 54.4 Å². The number of nitrogens with zero attached hydrogens (tertiary/aromatic N) is 3. The normalized spacial score (nSPS) is 18.5. The zero-order valence-electron chi connectivity index (χ0n) is 21.7. The van der Waals surface area contributed by atoms with Gasteiger partial charge in [0.15, 0.2) is 0 Å². The third-order valence-electron chi connectivity index (χ3n) is 7.52. The Morgan fingerprint density at radius 2 is 1.59 bits per heavy atom. The number of hydrogen-bond donors (Lipinski definition) is 0. The van der Waals surface area contributed by atoms with Crippen LogP contribution in [0.3, 0.4) is 0 Å². The smallest absolute Gasteiger partial charge is 0.257 e. The van der Waals surface area contributed by atoms with Crippen molar-refractivity contribution >= 4 is 11.6 Å². The van der Waals surface area contributed by atoms with Crippen LogP contribution in [-0.2, 0) is 11.2 Å². The highest BCUT2D eigenvalue weighted by Crippen LogP contribution is 2.36. The summed E-state index contributed by atoms with van der Waals surface area (Å²) in [4.78, 5) is 15.9. The number of rotatable bonds is 8. The number of amides is 1. The van der Waals surface area contributed by atoms with Crippen LogP contribution in [0.1, 0.15) is 42.0 Å². The predicted octanol–water partition coefficient (Wildman–Crippen LogP) is 5.34. The summed E-state index contributed by atoms with van der Waals surface area (Å²) in [5, 5.41) is 6.56. The van der Waals surface area contributed by atoms with E-state index in [9.17, 15) is 4.79 Å². The molecule has 5 rings (SSSR count). The van der Waals surface area contributed by atoms with Gasteiger partial charge >= 0.3 is 0 Å². The number of piperidine rings is 1. The molecule has 2 aliphatic heterocycles. The van der Waals surface area contributed by atoms with Gasteiger partial charge < -0.3 is 9.47 Å². The molecule has 0 bridgehead atoms. The molecule has 1 atom stereocenters. The standard InChI is InChI=1S/C31H35N3O3/c1-36-26-14-12-25(13-15-26)29-21-28(27-10-6-7-11-30(27)37-2)32-34(29)31(35)22-33-18-16-24(17-19-33)20-23-8-4-3-5-9-23/h3-15,24,29H,16-22H2,1-2H3/t29-/m0/s1. The quantitative estimate of drug-likeness (QED) is 0.422. The van der Waals surface area contributed by atoms with Gasteiger partial charge in [0.2, 0.25) is 0 Å². The molecule has 0 unspecified atom stereocenters. The number of methoxy groups -OCH3 is 2. The average molecular weight is 498 g/mol. The van der Waals surface area contributed by atoms with Crippen molar-refractivity contribution in [3.8, 4) is 11.5 Å². The Bertz CT molecular complexity index is 1220. The summed E-state index contributed by atoms with van der Waals surface area (Å²) < 4.78 is 10.9. The van der Waals surface area contributed by atoms with Gasteiger partial charge in [-0.25, -0.2) is 5.01 Å². The fraction of sp³-hybridized carbons (Fsp3) is 0.355. The Kier molecular flexibility index (Phi) is 7.85. The molecule has 0 aromatic heterocycles. The number of benzene rings is 3. The van der Waals surface area contributed by atoms with E-state index in [1.54, 1.807) is 19.2 Å². The molecular weight excluding hydrogens is 462 g/mol. The first kappa shape index (κ1) is 25.0. The molecule has 0 saturated carbocycles. The number of para-hydroxylation sites is 1. The second-order valence-corrected chi connectivity index (χ2v) is 9.89. The molecule has 37 heavy (non-hydrogen) atoms. The van der Waals surface area contributed by atoms with Gasteiger partial charge in [0.25, 0.3) is 5.91 Å². The SMILES string of the molecule is COc1ccc([C@@H]2CC(c3ccccc3OC)=NN2C(=O)CN2CCC(Cc3ccccc3)CC2)cc1. The van der Waals surface area contributed by atoms with Crippen LogP contribution in [0.2, 0.25) is 0 Å². The lowest BCUT2D eigenvalue weighted by Gasteiger charge is -2.33. The number of likely N-dealkylation sites (tertiary alicyclic amines) is 1. The van der Waals surface area contributed by atoms with Gasteiger partial charge in [-0.05, 0) is 73.7 Å². The maximum atomic E-state index is 13.6. The first-order valence-electron chi connectivity index (χ1n) is 13.1. The molecule has 0 N–H and O–H groups in total. The van der Waals surface area contributed by atoms with Gasteiger partial charge in [-0.1, -0.05) is 54.6 Å². The second kappa shape index (κ2) is 11.6. The first-order chi connectivity index (χ1) is 18.1. The molecule has 1 amide bonds. The number of carbonyl (C=O) groups excluding carboxylic acids is 1. The molecule has 6 nitrogen and oxygen atoms in total. The molecule has 0 aliphatic carbocycles. The molecular formula is C31H35N3O3. The molecule has 0 radical (unpaired) electrons. The molecule has 0 spiro atoms. The monoisotopic (exact) mass is 497 g/mol. The van der Waals surface area contributed by atoms with Gasteiger partial charge in [0.05, 0.1) is 32.5 Å². The zero-order chi connectivity index (χ0) is 25.6. The lowest BCUT2D eigenvalue weighted by atomic mass is 9.90. The van der Waals surface area contributed by atoms with E-state index >= 15 is 0 Å². The summed E-state index contributed by atoms with van der Waals surface area (Å²) in [5.41, 5.74) is 4.24. The average Bonchev–Trinajstić information content (AvgIpc) is 3.40. The third kappa shape index (κ3) is 5.86. The van der Waals surface area contributed by atoms with E-state index in [0.717, 1.165) is 60.7 Å². The Morgan fingerprint density at radius 1 is 0.892 bits per heavy atom. The van der Waals surface area contributed by atoms with E-state index in [-0.39, 0.29) is 11.9 Å². The van der Waals surface area contributed by atoms with Crippen LogP contribution in [0.15, 0.2) is 84.0 Å². The van der Waals surface area contributed by atoms with Crippen molar-refractivity contribution < 1.29 is 14.3 Å². The number of carbonyl (C=O) groups is 1. The van der Waals surface area contributed by atoms with Crippen molar-refractivity contribution in [1.29, 1.82) is 0 Å². The Hall–Kier alpha value is -3.64. The van der Waals surface area contributed by atoms with E-state index in [2.05, 4.69) is 35.2 Å². The fourth-order valence-corrected chi connectivity index (χ4v) is 5.43. The number of hydrazone groups is 1. The fourth-order valence-electron chi connectivity index (χ4n) is 5.43. The predicted molar refractivity (Wildman–Crippen MR) is 146 cm³/mol. The van der Waals surface area contributed by atoms with Crippen molar-refractivity contribution in [1.82, 2.24) is 9.91 Å². The molecule has 2 heterocycles. The van der Waals surface area contributed by atoms with Crippen LogP contribution in [0.5, 0.6) is 11.5 Å². The summed E-state index contributed by atoms with van der Waals surface area (Å²) in [6.45, 7) is 2.26. The highest BCUT2D eigenvalue weighted by atomic mass is 16.5. The maximum Gasteiger partial charge on any atom is 0.257 e. The van der Waals surface area contributed by atoms with Gasteiger partial charge in [-0.15, -0.1) is 0 Å². The minimum atomic E-state index is -0.158. The van der Waals surface area contributed by atoms with Crippen molar-refractivity contribution in [3.05, 3.63) is 95.6 Å². The van der Waals surface area contributed by atoms with Crippen LogP contribution in [0, 0.1) is 5.92 Å². The minimum absolute atomic E-state index is 0.0345. The van der Waals surface area contributed by atoms with Crippen LogP contribution in [0.25, 0.3) is 0 Å². The van der Waals surface area contributed by atoms with E-state index < -0.39 is 0 Å². The largest absolute Gasteiger partial charge is 0.497 e. The molecule has 192 valence electrons. The van der Waals surface area contributed by atoms with Gasteiger partial charge in [-0.2, -0.15) is 5.10 Å². The van der Waals surface area contributed by atoms with Gasteiger partial charge in [0.1, 0.15) is 11.5 Å². The van der Waals surface area contributed by atoms with Crippen molar-refractivity contribution in [2.75, 3.05) is 33.9 Å². The number of hydrogen-bond acceptors (Lipinski definition) is 5. The summed E-state index contributed by atoms with van der Waals surface area (Å²) in [6, 6.07) is 26.3. The highest BCUT2D eigenvalue weighted by Gasteiger charge is 2.35. The highest BCUT2D eigenvalue weighted by molar-refractivity contribution is 6.05. The van der Waals surface area contributed by atoms with Gasteiger partial charge in [0, 0.05) is 12.0 Å². The molecule has 3 aromatic carbocycles. The first-order valence-corrected chi connectivity index (χ1v) is 13.1. The summed E-state index contributed by atoms with van der Waals surface area (Å²) >= 11 is 0. The molecule has 6 heteroatoms. The maximum absolute atomic E-state index is 13.6. The third-order valence-corrected chi connectivity index (χ3v) is 7.52. The van der Waals surface area contributed by atoms with Crippen LogP contribution in [0.4, 0.5) is 0 Å².